The van der Waals surface area contributed by atoms with Crippen molar-refractivity contribution in [1.29, 1.82) is 0 Å². The number of methoxy groups -OCH3 is 1. The predicted molar refractivity (Wildman–Crippen MR) is 65.5 cm³/mol. The molecule has 1 aliphatic rings. The Kier molecular flexibility index (Phi) is 5.46. The third kappa shape index (κ3) is 5.14. The molecule has 0 unspecified atom stereocenters. The Morgan fingerprint density at radius 3 is 2.11 bits per heavy atom. The van der Waals surface area contributed by atoms with Crippen molar-refractivity contribution in [3.63, 3.8) is 0 Å². The zero-order valence-electron chi connectivity index (χ0n) is 11.4. The van der Waals surface area contributed by atoms with E-state index in [4.69, 9.17) is 4.74 Å². The summed E-state index contributed by atoms with van der Waals surface area (Å²) < 4.78 is 42.8. The molecule has 108 valence electrons. The van der Waals surface area contributed by atoms with Crippen LogP contribution in [-0.2, 0) is 4.74 Å². The van der Waals surface area contributed by atoms with Gasteiger partial charge in [0.25, 0.3) is 0 Å². The molecule has 1 saturated carbocycles. The lowest BCUT2D eigenvalue weighted by atomic mass is 9.85. The average molecular weight is 267 g/mol. The minimum absolute atomic E-state index is 0.170. The van der Waals surface area contributed by atoms with Crippen molar-refractivity contribution in [3.8, 4) is 0 Å². The van der Waals surface area contributed by atoms with Crippen LogP contribution in [0.25, 0.3) is 0 Å². The van der Waals surface area contributed by atoms with Crippen molar-refractivity contribution >= 4 is 0 Å². The van der Waals surface area contributed by atoms with Gasteiger partial charge in [-0.05, 0) is 52.5 Å². The van der Waals surface area contributed by atoms with Crippen LogP contribution in [0.5, 0.6) is 0 Å². The first kappa shape index (κ1) is 15.8. The second-order valence-electron chi connectivity index (χ2n) is 5.76. The van der Waals surface area contributed by atoms with E-state index < -0.39 is 12.1 Å². The highest BCUT2D eigenvalue weighted by atomic mass is 19.4. The molecule has 1 aliphatic carbocycles. The zero-order valence-corrected chi connectivity index (χ0v) is 11.4. The molecule has 0 aliphatic heterocycles. The van der Waals surface area contributed by atoms with Gasteiger partial charge in [-0.25, -0.2) is 0 Å². The van der Waals surface area contributed by atoms with Crippen molar-refractivity contribution in [2.24, 2.45) is 5.92 Å². The fourth-order valence-corrected chi connectivity index (χ4v) is 2.30. The van der Waals surface area contributed by atoms with E-state index in [0.29, 0.717) is 12.8 Å². The van der Waals surface area contributed by atoms with Gasteiger partial charge in [-0.2, -0.15) is 13.2 Å². The van der Waals surface area contributed by atoms with Crippen LogP contribution in [0.4, 0.5) is 13.2 Å². The summed E-state index contributed by atoms with van der Waals surface area (Å²) in [6.45, 7) is 4.81. The summed E-state index contributed by atoms with van der Waals surface area (Å²) in [6, 6.07) is 0.233. The minimum atomic E-state index is -4.01. The maximum absolute atomic E-state index is 12.5. The second-order valence-corrected chi connectivity index (χ2v) is 5.76. The SMILES string of the molecule is COC(C)(C)CCNC1CCC(C(F)(F)F)CC1. The van der Waals surface area contributed by atoms with Crippen molar-refractivity contribution < 1.29 is 17.9 Å². The predicted octanol–water partition coefficient (Wildman–Crippen LogP) is 3.51. The zero-order chi connectivity index (χ0) is 13.8. The van der Waals surface area contributed by atoms with Gasteiger partial charge in [0.1, 0.15) is 0 Å². The lowest BCUT2D eigenvalue weighted by molar-refractivity contribution is -0.182. The van der Waals surface area contributed by atoms with E-state index in [1.54, 1.807) is 7.11 Å². The summed E-state index contributed by atoms with van der Waals surface area (Å²) in [5.41, 5.74) is -0.170. The molecule has 1 rings (SSSR count). The van der Waals surface area contributed by atoms with Gasteiger partial charge in [-0.3, -0.25) is 0 Å². The summed E-state index contributed by atoms with van der Waals surface area (Å²) in [5, 5.41) is 3.34. The van der Waals surface area contributed by atoms with Crippen molar-refractivity contribution in [1.82, 2.24) is 5.32 Å². The summed E-state index contributed by atoms with van der Waals surface area (Å²) in [4.78, 5) is 0. The highest BCUT2D eigenvalue weighted by Crippen LogP contribution is 2.37. The first-order valence-corrected chi connectivity index (χ1v) is 6.60. The van der Waals surface area contributed by atoms with Crippen molar-refractivity contribution in [3.05, 3.63) is 0 Å². The third-order valence-corrected chi connectivity index (χ3v) is 3.90. The fraction of sp³-hybridized carbons (Fsp3) is 1.00. The number of nitrogens with one attached hydrogen (secondary N) is 1. The number of alkyl halides is 3. The van der Waals surface area contributed by atoms with E-state index in [-0.39, 0.29) is 24.5 Å². The molecule has 0 bridgehead atoms. The topological polar surface area (TPSA) is 21.3 Å². The molecule has 0 saturated heterocycles. The monoisotopic (exact) mass is 267 g/mol. The Balaban J connectivity index is 2.20. The molecular weight excluding hydrogens is 243 g/mol. The first-order chi connectivity index (χ1) is 8.24. The lowest BCUT2D eigenvalue weighted by Gasteiger charge is -2.31. The van der Waals surface area contributed by atoms with E-state index in [2.05, 4.69) is 5.32 Å². The van der Waals surface area contributed by atoms with Crippen LogP contribution in [0, 0.1) is 5.92 Å². The molecule has 0 aromatic heterocycles. The fourth-order valence-electron chi connectivity index (χ4n) is 2.30. The van der Waals surface area contributed by atoms with E-state index in [0.717, 1.165) is 13.0 Å². The standard InChI is InChI=1S/C13H24F3NO/c1-12(2,18-3)8-9-17-11-6-4-10(5-7-11)13(14,15)16/h10-11,17H,4-9H2,1-3H3. The van der Waals surface area contributed by atoms with E-state index in [1.165, 1.54) is 0 Å². The Hall–Kier alpha value is -0.290. The van der Waals surface area contributed by atoms with E-state index in [9.17, 15) is 13.2 Å². The Morgan fingerprint density at radius 2 is 1.67 bits per heavy atom. The minimum Gasteiger partial charge on any atom is -0.379 e. The van der Waals surface area contributed by atoms with Crippen LogP contribution in [-0.4, -0.2) is 31.5 Å². The van der Waals surface area contributed by atoms with Crippen LogP contribution < -0.4 is 5.32 Å². The smallest absolute Gasteiger partial charge is 0.379 e. The Bertz CT molecular complexity index is 245. The van der Waals surface area contributed by atoms with E-state index in [1.807, 2.05) is 13.8 Å². The average Bonchev–Trinajstić information content (AvgIpc) is 2.28. The van der Waals surface area contributed by atoms with Crippen molar-refractivity contribution in [2.45, 2.75) is 63.8 Å². The van der Waals surface area contributed by atoms with Crippen LogP contribution in [0.3, 0.4) is 0 Å². The van der Waals surface area contributed by atoms with Gasteiger partial charge < -0.3 is 10.1 Å². The van der Waals surface area contributed by atoms with Crippen LogP contribution in [0.1, 0.15) is 46.0 Å². The molecule has 0 heterocycles. The summed E-state index contributed by atoms with van der Waals surface area (Å²) in [5.74, 6) is -1.09. The number of hydrogen-bond donors (Lipinski definition) is 1. The van der Waals surface area contributed by atoms with Crippen LogP contribution in [0.2, 0.25) is 0 Å². The first-order valence-electron chi connectivity index (χ1n) is 6.60. The maximum Gasteiger partial charge on any atom is 0.391 e. The molecule has 1 N–H and O–H groups in total. The summed E-state index contributed by atoms with van der Waals surface area (Å²) >= 11 is 0. The van der Waals surface area contributed by atoms with Gasteiger partial charge in [-0.1, -0.05) is 0 Å². The molecule has 2 nitrogen and oxygen atoms in total. The highest BCUT2D eigenvalue weighted by molar-refractivity contribution is 4.81. The van der Waals surface area contributed by atoms with Gasteiger partial charge >= 0.3 is 6.18 Å². The van der Waals surface area contributed by atoms with Crippen LogP contribution in [0.15, 0.2) is 0 Å². The molecule has 1 fully saturated rings. The molecule has 0 aromatic carbocycles. The molecule has 0 atom stereocenters. The molecule has 0 spiro atoms. The maximum atomic E-state index is 12.5. The number of halogens is 3. The highest BCUT2D eigenvalue weighted by Gasteiger charge is 2.41. The van der Waals surface area contributed by atoms with Gasteiger partial charge in [0.05, 0.1) is 11.5 Å². The number of ether oxygens (including phenoxy) is 1. The molecule has 0 amide bonds. The number of rotatable bonds is 5. The van der Waals surface area contributed by atoms with Gasteiger partial charge in [0.15, 0.2) is 0 Å². The van der Waals surface area contributed by atoms with E-state index >= 15 is 0 Å². The quantitative estimate of drug-likeness (QED) is 0.823. The summed E-state index contributed by atoms with van der Waals surface area (Å²) in [7, 11) is 1.68. The molecule has 0 radical (unpaired) electrons. The lowest BCUT2D eigenvalue weighted by Crippen LogP contribution is -2.39. The van der Waals surface area contributed by atoms with Crippen LogP contribution >= 0.6 is 0 Å². The molecule has 0 aromatic rings. The van der Waals surface area contributed by atoms with Gasteiger partial charge in [0, 0.05) is 13.2 Å². The summed E-state index contributed by atoms with van der Waals surface area (Å²) in [6.07, 6.45) is -1.38. The molecular formula is C13H24F3NO. The largest absolute Gasteiger partial charge is 0.391 e. The normalized spacial score (nSPS) is 26.3. The Labute approximate surface area is 107 Å². The third-order valence-electron chi connectivity index (χ3n) is 3.90. The molecule has 18 heavy (non-hydrogen) atoms. The molecule has 5 heteroatoms. The van der Waals surface area contributed by atoms with Crippen molar-refractivity contribution in [2.75, 3.05) is 13.7 Å². The van der Waals surface area contributed by atoms with Gasteiger partial charge in [0.2, 0.25) is 0 Å². The Morgan fingerprint density at radius 1 is 1.11 bits per heavy atom. The second kappa shape index (κ2) is 6.24. The van der Waals surface area contributed by atoms with Gasteiger partial charge in [-0.15, -0.1) is 0 Å². The number of hydrogen-bond acceptors (Lipinski definition) is 2.